The van der Waals surface area contributed by atoms with Crippen LogP contribution in [-0.4, -0.2) is 24.4 Å². The number of aromatic nitrogens is 1. The van der Waals surface area contributed by atoms with Crippen molar-refractivity contribution in [1.82, 2.24) is 10.3 Å². The van der Waals surface area contributed by atoms with E-state index in [1.165, 1.54) is 6.92 Å². The summed E-state index contributed by atoms with van der Waals surface area (Å²) >= 11 is 0. The van der Waals surface area contributed by atoms with Gasteiger partial charge in [-0.3, -0.25) is 4.79 Å². The first-order chi connectivity index (χ1) is 7.24. The maximum absolute atomic E-state index is 11.1. The number of ketones is 1. The van der Waals surface area contributed by atoms with Crippen LogP contribution in [0.2, 0.25) is 0 Å². The summed E-state index contributed by atoms with van der Waals surface area (Å²) in [6, 6.07) is 5.47. The van der Waals surface area contributed by atoms with Crippen LogP contribution in [0.4, 0.5) is 0 Å². The van der Waals surface area contributed by atoms with E-state index in [4.69, 9.17) is 0 Å². The molecule has 80 valence electrons. The van der Waals surface area contributed by atoms with Gasteiger partial charge in [0.2, 0.25) is 0 Å². The molecule has 3 nitrogen and oxygen atoms in total. The molecule has 15 heavy (non-hydrogen) atoms. The fourth-order valence-corrected chi connectivity index (χ4v) is 1.17. The van der Waals surface area contributed by atoms with Crippen molar-refractivity contribution in [2.24, 2.45) is 0 Å². The number of carbonyl (C=O) groups is 1. The van der Waals surface area contributed by atoms with Crippen LogP contribution >= 0.6 is 0 Å². The lowest BCUT2D eigenvalue weighted by atomic mass is 10.2. The fourth-order valence-electron chi connectivity index (χ4n) is 1.17. The first kappa shape index (κ1) is 11.6. The molecule has 1 aromatic heterocycles. The van der Waals surface area contributed by atoms with Crippen LogP contribution in [0, 0.1) is 0 Å². The average molecular weight is 204 g/mol. The number of hydrogen-bond donors (Lipinski definition) is 1. The lowest BCUT2D eigenvalue weighted by molar-refractivity contribution is 0.101. The summed E-state index contributed by atoms with van der Waals surface area (Å²) in [5.41, 5.74) is 1.35. The van der Waals surface area contributed by atoms with E-state index in [1.54, 1.807) is 6.07 Å². The predicted molar refractivity (Wildman–Crippen MR) is 61.8 cm³/mol. The standard InChI is InChI=1S/C12H16N2O/c1-10(15)12-8-5-7-11(14-12)6-3-4-9-13-2/h3,5-8,13H,4,9H2,1-2H3. The second-order valence-corrected chi connectivity index (χ2v) is 3.30. The van der Waals surface area contributed by atoms with Crippen molar-refractivity contribution < 1.29 is 4.79 Å². The third-order valence-electron chi connectivity index (χ3n) is 1.98. The van der Waals surface area contributed by atoms with Gasteiger partial charge < -0.3 is 5.32 Å². The van der Waals surface area contributed by atoms with Crippen molar-refractivity contribution in [1.29, 1.82) is 0 Å². The van der Waals surface area contributed by atoms with Gasteiger partial charge in [0.05, 0.1) is 5.69 Å². The molecule has 0 spiro atoms. The molecule has 1 aromatic rings. The van der Waals surface area contributed by atoms with Gasteiger partial charge in [-0.25, -0.2) is 4.98 Å². The number of rotatable bonds is 5. The number of Topliss-reactive ketones (excluding diaryl/α,β-unsaturated/α-hetero) is 1. The number of carbonyl (C=O) groups excluding carboxylic acids is 1. The molecule has 1 N–H and O–H groups in total. The second-order valence-electron chi connectivity index (χ2n) is 3.30. The van der Waals surface area contributed by atoms with Gasteiger partial charge in [0.1, 0.15) is 5.69 Å². The molecule has 1 rings (SSSR count). The SMILES string of the molecule is CNCCC=Cc1cccc(C(C)=O)n1. The third kappa shape index (κ3) is 4.04. The second kappa shape index (κ2) is 6.09. The van der Waals surface area contributed by atoms with Crippen molar-refractivity contribution in [2.45, 2.75) is 13.3 Å². The minimum Gasteiger partial charge on any atom is -0.319 e. The Kier molecular flexibility index (Phi) is 4.71. The van der Waals surface area contributed by atoms with Crippen LogP contribution < -0.4 is 5.32 Å². The number of nitrogens with one attached hydrogen (secondary N) is 1. The summed E-state index contributed by atoms with van der Waals surface area (Å²) < 4.78 is 0. The maximum atomic E-state index is 11.1. The molecule has 0 saturated heterocycles. The van der Waals surface area contributed by atoms with Crippen LogP contribution in [0.25, 0.3) is 6.08 Å². The van der Waals surface area contributed by atoms with Crippen LogP contribution in [0.5, 0.6) is 0 Å². The van der Waals surface area contributed by atoms with E-state index in [-0.39, 0.29) is 5.78 Å². The third-order valence-corrected chi connectivity index (χ3v) is 1.98. The molecule has 0 unspecified atom stereocenters. The van der Waals surface area contributed by atoms with Crippen LogP contribution in [0.15, 0.2) is 24.3 Å². The summed E-state index contributed by atoms with van der Waals surface area (Å²) in [6.45, 7) is 2.47. The highest BCUT2D eigenvalue weighted by atomic mass is 16.1. The summed E-state index contributed by atoms with van der Waals surface area (Å²) in [5.74, 6) is 0.000440. The van der Waals surface area contributed by atoms with E-state index in [0.29, 0.717) is 5.69 Å². The molecule has 0 radical (unpaired) electrons. The molecular weight excluding hydrogens is 188 g/mol. The van der Waals surface area contributed by atoms with Gasteiger partial charge in [0.15, 0.2) is 5.78 Å². The van der Waals surface area contributed by atoms with Crippen LogP contribution in [-0.2, 0) is 0 Å². The van der Waals surface area contributed by atoms with E-state index >= 15 is 0 Å². The van der Waals surface area contributed by atoms with E-state index in [2.05, 4.69) is 10.3 Å². The van der Waals surface area contributed by atoms with E-state index < -0.39 is 0 Å². The van der Waals surface area contributed by atoms with Crippen molar-refractivity contribution in [3.05, 3.63) is 35.7 Å². The molecule has 0 fully saturated rings. The summed E-state index contributed by atoms with van der Waals surface area (Å²) in [6.07, 6.45) is 4.94. The highest BCUT2D eigenvalue weighted by Crippen LogP contribution is 2.02. The molecule has 0 amide bonds. The van der Waals surface area contributed by atoms with E-state index in [9.17, 15) is 4.79 Å². The molecule has 0 atom stereocenters. The molecule has 0 bridgehead atoms. The number of pyridine rings is 1. The first-order valence-electron chi connectivity index (χ1n) is 5.03. The fraction of sp³-hybridized carbons (Fsp3) is 0.333. The van der Waals surface area contributed by atoms with Gasteiger partial charge in [0.25, 0.3) is 0 Å². The predicted octanol–water partition coefficient (Wildman–Crippen LogP) is 1.91. The molecule has 3 heteroatoms. The van der Waals surface area contributed by atoms with Crippen molar-refractivity contribution in [2.75, 3.05) is 13.6 Å². The largest absolute Gasteiger partial charge is 0.319 e. The maximum Gasteiger partial charge on any atom is 0.178 e. The highest BCUT2D eigenvalue weighted by Gasteiger charge is 1.99. The van der Waals surface area contributed by atoms with Gasteiger partial charge in [-0.05, 0) is 38.2 Å². The first-order valence-corrected chi connectivity index (χ1v) is 5.03. The summed E-state index contributed by atoms with van der Waals surface area (Å²) in [5, 5.41) is 3.06. The molecule has 0 aliphatic carbocycles. The highest BCUT2D eigenvalue weighted by molar-refractivity contribution is 5.92. The number of nitrogens with zero attached hydrogens (tertiary/aromatic N) is 1. The van der Waals surface area contributed by atoms with Crippen molar-refractivity contribution in [3.8, 4) is 0 Å². The molecule has 0 aliphatic rings. The quantitative estimate of drug-likeness (QED) is 0.588. The number of hydrogen-bond acceptors (Lipinski definition) is 3. The Balaban J connectivity index is 2.65. The van der Waals surface area contributed by atoms with Gasteiger partial charge in [-0.1, -0.05) is 12.1 Å². The van der Waals surface area contributed by atoms with E-state index in [0.717, 1.165) is 18.7 Å². The lowest BCUT2D eigenvalue weighted by Crippen LogP contribution is -2.05. The van der Waals surface area contributed by atoms with Gasteiger partial charge in [-0.15, -0.1) is 0 Å². The molecule has 0 aliphatic heterocycles. The average Bonchev–Trinajstić information content (AvgIpc) is 2.25. The normalized spacial score (nSPS) is 10.8. The Morgan fingerprint density at radius 3 is 3.00 bits per heavy atom. The zero-order chi connectivity index (χ0) is 11.1. The van der Waals surface area contributed by atoms with Gasteiger partial charge in [-0.2, -0.15) is 0 Å². The Bertz CT molecular complexity index is 358. The Hall–Kier alpha value is -1.48. The Morgan fingerprint density at radius 1 is 1.53 bits per heavy atom. The van der Waals surface area contributed by atoms with Crippen LogP contribution in [0.1, 0.15) is 29.5 Å². The Morgan fingerprint density at radius 2 is 2.33 bits per heavy atom. The van der Waals surface area contributed by atoms with Gasteiger partial charge in [0, 0.05) is 6.92 Å². The van der Waals surface area contributed by atoms with Crippen molar-refractivity contribution in [3.63, 3.8) is 0 Å². The smallest absolute Gasteiger partial charge is 0.178 e. The minimum absolute atomic E-state index is 0.000440. The van der Waals surface area contributed by atoms with Crippen molar-refractivity contribution >= 4 is 11.9 Å². The summed E-state index contributed by atoms with van der Waals surface area (Å²) in [4.78, 5) is 15.3. The Labute approximate surface area is 90.2 Å². The van der Waals surface area contributed by atoms with Crippen LogP contribution in [0.3, 0.4) is 0 Å². The minimum atomic E-state index is 0.000440. The van der Waals surface area contributed by atoms with Gasteiger partial charge >= 0.3 is 0 Å². The van der Waals surface area contributed by atoms with E-state index in [1.807, 2.05) is 31.3 Å². The topological polar surface area (TPSA) is 42.0 Å². The summed E-state index contributed by atoms with van der Waals surface area (Å²) in [7, 11) is 1.92. The lowest BCUT2D eigenvalue weighted by Gasteiger charge is -1.97. The molecule has 0 saturated carbocycles. The zero-order valence-corrected chi connectivity index (χ0v) is 9.16. The zero-order valence-electron chi connectivity index (χ0n) is 9.16. The molecule has 0 aromatic carbocycles. The molecule has 1 heterocycles. The monoisotopic (exact) mass is 204 g/mol. The molecular formula is C12H16N2O.